The maximum absolute atomic E-state index is 13.4. The van der Waals surface area contributed by atoms with E-state index in [9.17, 15) is 9.59 Å². The number of carbonyl (C=O) groups excluding carboxylic acids is 2. The van der Waals surface area contributed by atoms with Gasteiger partial charge in [-0.15, -0.1) is 0 Å². The van der Waals surface area contributed by atoms with Crippen LogP contribution in [0.4, 0.5) is 0 Å². The van der Waals surface area contributed by atoms with Crippen LogP contribution in [0, 0.1) is 0 Å². The minimum absolute atomic E-state index is 0.00772. The van der Waals surface area contributed by atoms with Gasteiger partial charge < -0.3 is 19.3 Å². The van der Waals surface area contributed by atoms with Crippen molar-refractivity contribution in [3.05, 3.63) is 77.9 Å². The van der Waals surface area contributed by atoms with E-state index in [1.807, 2.05) is 61.7 Å². The number of rotatable bonds is 5. The van der Waals surface area contributed by atoms with E-state index < -0.39 is 0 Å². The molecule has 1 heterocycles. The van der Waals surface area contributed by atoms with Crippen LogP contribution >= 0.6 is 0 Å². The molecule has 3 atom stereocenters. The van der Waals surface area contributed by atoms with Crippen molar-refractivity contribution in [2.24, 2.45) is 0 Å². The Bertz CT molecular complexity index is 1340. The average Bonchev–Trinajstić information content (AvgIpc) is 2.88. The van der Waals surface area contributed by atoms with E-state index in [-0.39, 0.29) is 28.9 Å². The smallest absolute Gasteiger partial charge is 0.308 e. The molecule has 3 aromatic rings. The minimum atomic E-state index is -0.381. The van der Waals surface area contributed by atoms with Gasteiger partial charge in [0, 0.05) is 37.5 Å². The first kappa shape index (κ1) is 25.4. The zero-order chi connectivity index (χ0) is 26.3. The fourth-order valence-electron chi connectivity index (χ4n) is 6.81. The summed E-state index contributed by atoms with van der Waals surface area (Å²) in [5.74, 6) is 0.167. The molecule has 1 N–H and O–H groups in total. The Morgan fingerprint density at radius 2 is 1.76 bits per heavy atom. The number of ether oxygens (including phenoxy) is 2. The van der Waals surface area contributed by atoms with E-state index in [0.29, 0.717) is 11.3 Å². The van der Waals surface area contributed by atoms with Gasteiger partial charge in [0.15, 0.2) is 0 Å². The summed E-state index contributed by atoms with van der Waals surface area (Å²) in [6, 6.07) is 21.9. The number of fused-ring (bicyclic) bond motifs is 2. The van der Waals surface area contributed by atoms with Gasteiger partial charge in [-0.05, 0) is 59.9 Å². The number of hydrogen-bond donors (Lipinski definition) is 1. The Kier molecular flexibility index (Phi) is 6.59. The quantitative estimate of drug-likeness (QED) is 0.308. The molecular weight excluding hydrogens is 464 g/mol. The number of esters is 1. The lowest BCUT2D eigenvalue weighted by molar-refractivity contribution is -0.905. The van der Waals surface area contributed by atoms with Crippen LogP contribution in [-0.2, 0) is 14.9 Å². The van der Waals surface area contributed by atoms with Crippen LogP contribution in [0.5, 0.6) is 5.75 Å². The molecule has 6 heteroatoms. The maximum Gasteiger partial charge on any atom is 0.308 e. The third kappa shape index (κ3) is 4.76. The maximum atomic E-state index is 13.4. The van der Waals surface area contributed by atoms with Gasteiger partial charge in [0.2, 0.25) is 0 Å². The molecule has 194 valence electrons. The molecule has 0 radical (unpaired) electrons. The van der Waals surface area contributed by atoms with Crippen LogP contribution in [0.2, 0.25) is 0 Å². The topological polar surface area (TPSA) is 64.6 Å². The van der Waals surface area contributed by atoms with Gasteiger partial charge in [0.05, 0.1) is 20.6 Å². The summed E-state index contributed by atoms with van der Waals surface area (Å²) in [6.07, 6.45) is 3.37. The summed E-state index contributed by atoms with van der Waals surface area (Å²) in [5, 5.41) is 5.53. The molecule has 5 rings (SSSR count). The third-order valence-electron chi connectivity index (χ3n) is 8.58. The molecule has 6 nitrogen and oxygen atoms in total. The molecular formula is C31H37N2O4+. The summed E-state index contributed by atoms with van der Waals surface area (Å²) < 4.78 is 12.8. The predicted molar refractivity (Wildman–Crippen MR) is 145 cm³/mol. The average molecular weight is 502 g/mol. The molecule has 37 heavy (non-hydrogen) atoms. The molecule has 1 saturated carbocycles. The number of hydrogen-bond acceptors (Lipinski definition) is 4. The van der Waals surface area contributed by atoms with E-state index in [4.69, 9.17) is 9.47 Å². The molecule has 2 aliphatic rings. The molecule has 1 amide bonds. The van der Waals surface area contributed by atoms with Crippen LogP contribution < -0.4 is 10.1 Å². The largest absolute Gasteiger partial charge is 0.427 e. The summed E-state index contributed by atoms with van der Waals surface area (Å²) >= 11 is 0. The van der Waals surface area contributed by atoms with Crippen molar-refractivity contribution in [3.63, 3.8) is 0 Å². The fourth-order valence-corrected chi connectivity index (χ4v) is 6.81. The molecule has 1 aliphatic heterocycles. The first-order valence-corrected chi connectivity index (χ1v) is 13.1. The number of nitrogens with zero attached hydrogens (tertiary/aromatic N) is 1. The van der Waals surface area contributed by atoms with Crippen LogP contribution in [-0.4, -0.2) is 62.3 Å². The first-order chi connectivity index (χ1) is 17.7. The lowest BCUT2D eigenvalue weighted by atomic mass is 9.54. The molecule has 0 spiro atoms. The van der Waals surface area contributed by atoms with Gasteiger partial charge in [0.25, 0.3) is 5.91 Å². The molecule has 0 unspecified atom stereocenters. The standard InChI is InChI=1S/C31H36N2O4/c1-22(34)37-28-11-7-10-26(19-28)30-16-17-33(2,3)21-31(30,36-4)15-14-27(20-30)32-29(35)25-13-12-23-8-5-6-9-24(23)18-25/h5-13,18-19,27H,14-17,20-21H2,1-4H3/p+1/t27-,30+,31+/m1/s1. The first-order valence-electron chi connectivity index (χ1n) is 13.1. The molecule has 2 fully saturated rings. The van der Waals surface area contributed by atoms with Gasteiger partial charge >= 0.3 is 5.97 Å². The minimum Gasteiger partial charge on any atom is -0.427 e. The zero-order valence-corrected chi connectivity index (χ0v) is 22.3. The Hall–Kier alpha value is -3.22. The van der Waals surface area contributed by atoms with Crippen LogP contribution in [0.25, 0.3) is 10.8 Å². The molecule has 1 saturated heterocycles. The van der Waals surface area contributed by atoms with E-state index in [1.165, 1.54) is 6.92 Å². The van der Waals surface area contributed by atoms with Crippen molar-refractivity contribution in [3.8, 4) is 5.75 Å². The van der Waals surface area contributed by atoms with Crippen molar-refractivity contribution in [1.82, 2.24) is 5.32 Å². The van der Waals surface area contributed by atoms with E-state index in [2.05, 4.69) is 31.5 Å². The lowest BCUT2D eigenvalue weighted by Crippen LogP contribution is -2.71. The Morgan fingerprint density at radius 1 is 0.973 bits per heavy atom. The predicted octanol–water partition coefficient (Wildman–Crippen LogP) is 4.85. The SMILES string of the molecule is CO[C@]12CC[C@@H](NC(=O)c3ccc4ccccc4c3)C[C@]1(c1cccc(OC(C)=O)c1)CC[N+](C)(C)C2. The molecule has 0 bridgehead atoms. The highest BCUT2D eigenvalue weighted by atomic mass is 16.5. The summed E-state index contributed by atoms with van der Waals surface area (Å²) in [5.41, 5.74) is 1.09. The second kappa shape index (κ2) is 9.58. The Balaban J connectivity index is 1.48. The second-order valence-corrected chi connectivity index (χ2v) is 11.4. The van der Waals surface area contributed by atoms with E-state index >= 15 is 0 Å². The summed E-state index contributed by atoms with van der Waals surface area (Å²) in [4.78, 5) is 25.1. The van der Waals surface area contributed by atoms with Crippen molar-refractivity contribution < 1.29 is 23.5 Å². The van der Waals surface area contributed by atoms with Gasteiger partial charge in [-0.25, -0.2) is 0 Å². The van der Waals surface area contributed by atoms with Crippen LogP contribution in [0.3, 0.4) is 0 Å². The van der Waals surface area contributed by atoms with Crippen LogP contribution in [0.15, 0.2) is 66.7 Å². The highest BCUT2D eigenvalue weighted by Gasteiger charge is 2.62. The number of carbonyl (C=O) groups is 2. The second-order valence-electron chi connectivity index (χ2n) is 11.4. The number of likely N-dealkylation sites (tertiary alicyclic amines) is 1. The van der Waals surface area contributed by atoms with Gasteiger partial charge in [0.1, 0.15) is 17.9 Å². The van der Waals surface area contributed by atoms with E-state index in [1.54, 1.807) is 0 Å². The fraction of sp³-hybridized carbons (Fsp3) is 0.419. The number of nitrogens with one attached hydrogen (secondary N) is 1. The van der Waals surface area contributed by atoms with Crippen LogP contribution in [0.1, 0.15) is 48.5 Å². The summed E-state index contributed by atoms with van der Waals surface area (Å²) in [7, 11) is 6.34. The van der Waals surface area contributed by atoms with Gasteiger partial charge in [-0.2, -0.15) is 0 Å². The number of methoxy groups -OCH3 is 1. The van der Waals surface area contributed by atoms with Gasteiger partial charge in [-0.1, -0.05) is 42.5 Å². The third-order valence-corrected chi connectivity index (χ3v) is 8.58. The highest BCUT2D eigenvalue weighted by Crippen LogP contribution is 2.54. The van der Waals surface area contributed by atoms with Crippen molar-refractivity contribution in [2.45, 2.75) is 49.7 Å². The Morgan fingerprint density at radius 3 is 2.51 bits per heavy atom. The number of likely N-dealkylation sites (N-methyl/N-ethyl adjacent to an activating group) is 1. The monoisotopic (exact) mass is 501 g/mol. The molecule has 3 aromatic carbocycles. The number of benzene rings is 3. The number of piperidine rings is 1. The van der Waals surface area contributed by atoms with E-state index in [0.717, 1.165) is 59.6 Å². The number of amides is 1. The van der Waals surface area contributed by atoms with Gasteiger partial charge in [-0.3, -0.25) is 9.59 Å². The molecule has 1 aliphatic carbocycles. The van der Waals surface area contributed by atoms with Crippen molar-refractivity contribution >= 4 is 22.6 Å². The van der Waals surface area contributed by atoms with Crippen molar-refractivity contribution in [1.29, 1.82) is 0 Å². The van der Waals surface area contributed by atoms with Crippen molar-refractivity contribution in [2.75, 3.05) is 34.3 Å². The summed E-state index contributed by atoms with van der Waals surface area (Å²) in [6.45, 7) is 3.30. The highest BCUT2D eigenvalue weighted by molar-refractivity contribution is 5.98. The number of quaternary nitrogens is 1. The lowest BCUT2D eigenvalue weighted by Gasteiger charge is -2.60. The Labute approximate surface area is 219 Å². The zero-order valence-electron chi connectivity index (χ0n) is 22.3. The molecule has 0 aromatic heterocycles. The normalized spacial score (nSPS) is 26.8.